The number of rotatable bonds is 1. The van der Waals surface area contributed by atoms with Gasteiger partial charge in [-0.05, 0) is 44.4 Å². The fourth-order valence-electron chi connectivity index (χ4n) is 5.23. The molecule has 2 aliphatic heterocycles. The summed E-state index contributed by atoms with van der Waals surface area (Å²) in [4.78, 5) is 14.1. The first kappa shape index (κ1) is 7.99. The van der Waals surface area contributed by atoms with Gasteiger partial charge in [-0.1, -0.05) is 6.04 Å². The smallest absolute Gasteiger partial charge is 0.174 e. The minimum absolute atomic E-state index is 0.0193. The largest absolute Gasteiger partial charge is 0.493 e. The second-order valence-electron chi connectivity index (χ2n) is 6.89. The maximum absolute atomic E-state index is 12.9. The van der Waals surface area contributed by atoms with Crippen LogP contribution in [0.4, 0.5) is 0 Å². The van der Waals surface area contributed by atoms with Gasteiger partial charge in [-0.3, -0.25) is 4.79 Å². The fraction of sp³-hybridized carbons (Fsp3) is 0.611. The van der Waals surface area contributed by atoms with Crippen LogP contribution in [-0.2, 0) is 16.6 Å². The zero-order chi connectivity index (χ0) is 22.7. The van der Waals surface area contributed by atoms with Crippen LogP contribution in [0, 0.1) is 0 Å². The van der Waals surface area contributed by atoms with Crippen molar-refractivity contribution in [3.05, 3.63) is 23.2 Å². The molecule has 1 saturated carbocycles. The van der Waals surface area contributed by atoms with Crippen LogP contribution in [0.2, 0.25) is 0 Å². The summed E-state index contributed by atoms with van der Waals surface area (Å²) in [7, 11) is -2.91. The van der Waals surface area contributed by atoms with Crippen molar-refractivity contribution in [3.63, 3.8) is 0 Å². The minimum atomic E-state index is -2.91. The molecule has 0 amide bonds. The molecule has 23 heavy (non-hydrogen) atoms. The van der Waals surface area contributed by atoms with Gasteiger partial charge in [-0.25, -0.2) is 0 Å². The first-order valence-corrected chi connectivity index (χ1v) is 7.76. The number of carbonyl (C=O) groups excluding carboxylic acids is 1. The summed E-state index contributed by atoms with van der Waals surface area (Å²) in [5.74, 6) is -0.821. The lowest BCUT2D eigenvalue weighted by molar-refractivity contribution is -0.185. The molecule has 2 heterocycles. The molecule has 2 aliphatic carbocycles. The third-order valence-corrected chi connectivity index (χ3v) is 6.18. The predicted octanol–water partition coefficient (Wildman–Crippen LogP) is 1.05. The highest BCUT2D eigenvalue weighted by Gasteiger charge is 2.72. The summed E-state index contributed by atoms with van der Waals surface area (Å²) in [6.07, 6.45) is -1.08. The third-order valence-electron chi connectivity index (χ3n) is 6.18. The van der Waals surface area contributed by atoms with Crippen molar-refractivity contribution in [1.82, 2.24) is 4.90 Å². The van der Waals surface area contributed by atoms with Crippen molar-refractivity contribution in [1.29, 1.82) is 0 Å². The average molecular weight is 323 g/mol. The maximum Gasteiger partial charge on any atom is 0.174 e. The Hall–Kier alpha value is -1.59. The van der Waals surface area contributed by atoms with Crippen molar-refractivity contribution in [2.24, 2.45) is 0 Å². The van der Waals surface area contributed by atoms with Crippen molar-refractivity contribution in [2.75, 3.05) is 20.6 Å². The van der Waals surface area contributed by atoms with Crippen LogP contribution in [0.1, 0.15) is 41.4 Å². The number of methoxy groups -OCH3 is 1. The monoisotopic (exact) mass is 323 g/mol. The van der Waals surface area contributed by atoms with E-state index in [4.69, 9.17) is 20.4 Å². The van der Waals surface area contributed by atoms with Gasteiger partial charge in [0.15, 0.2) is 23.4 Å². The zero-order valence-electron chi connectivity index (χ0n) is 20.3. The number of nitrogens with zero attached hydrogens (tertiary/aromatic N) is 1. The molecule has 1 aromatic carbocycles. The van der Waals surface area contributed by atoms with E-state index in [1.807, 2.05) is 0 Å². The Kier molecular flexibility index (Phi) is 1.42. The van der Waals surface area contributed by atoms with Crippen LogP contribution in [0.3, 0.4) is 0 Å². The molecular weight excluding hydrogens is 294 g/mol. The molecule has 5 nitrogen and oxygen atoms in total. The topological polar surface area (TPSA) is 59.0 Å². The maximum atomic E-state index is 12.9. The highest BCUT2D eigenvalue weighted by Crippen LogP contribution is 2.64. The summed E-state index contributed by atoms with van der Waals surface area (Å²) in [6.45, 7) is -2.42. The number of hydrogen-bond donors (Lipinski definition) is 1. The van der Waals surface area contributed by atoms with Gasteiger partial charge in [0.05, 0.1) is 24.9 Å². The Morgan fingerprint density at radius 1 is 1.52 bits per heavy atom. The molecule has 1 unspecified atom stereocenters. The van der Waals surface area contributed by atoms with E-state index in [2.05, 4.69) is 0 Å². The van der Waals surface area contributed by atoms with E-state index in [0.29, 0.717) is 11.1 Å². The lowest BCUT2D eigenvalue weighted by Gasteiger charge is -2.62. The van der Waals surface area contributed by atoms with E-state index < -0.39 is 49.0 Å². The predicted molar refractivity (Wildman–Crippen MR) is 83.0 cm³/mol. The number of Topliss-reactive ketones (excluding diaryl/α,β-unsaturated/α-hetero) is 1. The lowest BCUT2D eigenvalue weighted by atomic mass is 9.49. The molecule has 4 atom stereocenters. The second-order valence-corrected chi connectivity index (χ2v) is 6.89. The van der Waals surface area contributed by atoms with Crippen molar-refractivity contribution in [3.8, 4) is 11.5 Å². The number of likely N-dealkylation sites (N-methyl/N-ethyl adjacent to an activating group) is 1. The number of hydrogen-bond acceptors (Lipinski definition) is 5. The number of benzene rings is 1. The van der Waals surface area contributed by atoms with E-state index in [1.165, 1.54) is 4.90 Å². The molecule has 2 fully saturated rings. The Labute approximate surface area is 146 Å². The fourth-order valence-corrected chi connectivity index (χ4v) is 5.23. The number of ketones is 1. The quantitative estimate of drug-likeness (QED) is 0.837. The van der Waals surface area contributed by atoms with Gasteiger partial charge in [0.2, 0.25) is 0 Å². The van der Waals surface area contributed by atoms with Crippen molar-refractivity contribution < 1.29 is 30.3 Å². The molecule has 1 saturated heterocycles. The van der Waals surface area contributed by atoms with Gasteiger partial charge >= 0.3 is 0 Å². The molecule has 4 aliphatic rings. The van der Waals surface area contributed by atoms with Crippen LogP contribution in [0.25, 0.3) is 0 Å². The van der Waals surface area contributed by atoms with Gasteiger partial charge in [0.1, 0.15) is 0 Å². The Morgan fingerprint density at radius 3 is 3.26 bits per heavy atom. The van der Waals surface area contributed by atoms with E-state index in [1.54, 1.807) is 0 Å². The summed E-state index contributed by atoms with van der Waals surface area (Å²) in [5, 5.41) is 12.0. The lowest BCUT2D eigenvalue weighted by Crippen LogP contribution is -2.76. The van der Waals surface area contributed by atoms with Crippen LogP contribution < -0.4 is 9.47 Å². The van der Waals surface area contributed by atoms with Crippen LogP contribution >= 0.6 is 0 Å². The van der Waals surface area contributed by atoms with E-state index in [0.717, 1.165) is 0 Å². The van der Waals surface area contributed by atoms with Crippen LogP contribution in [-0.4, -0.2) is 54.1 Å². The average Bonchev–Trinajstić information content (AvgIpc) is 2.97. The zero-order valence-corrected chi connectivity index (χ0v) is 12.3. The van der Waals surface area contributed by atoms with Gasteiger partial charge < -0.3 is 19.5 Å². The first-order valence-electron chi connectivity index (χ1n) is 11.8. The molecule has 5 heteroatoms. The Balaban J connectivity index is 1.82. The minimum Gasteiger partial charge on any atom is -0.493 e. The SMILES string of the molecule is [2H]c1c([2H])c(OC([2H])([2H])[2H])c2c3c1C[C@H]1N(C([2H])([2H])[2H])CC[C@@]34C(O2)C(=O)CC[C@@]14O. The summed E-state index contributed by atoms with van der Waals surface area (Å²) in [5.41, 5.74) is -2.30. The van der Waals surface area contributed by atoms with Crippen LogP contribution in [0.15, 0.2) is 12.1 Å². The third kappa shape index (κ3) is 1.32. The number of carbonyl (C=O) groups is 1. The standard InChI is InChI=1S/C18H21NO4/c1-19-8-7-17-14-10-3-4-12(22-2)15(14)23-16(17)11(20)5-6-18(17,21)13(19)9-10/h3-4,13,16,21H,5-9H2,1-2H3/t13-,16?,17+,18-/m1/s1/i1D3,2D3,3D,4D. The number of aliphatic hydroxyl groups is 1. The second kappa shape index (κ2) is 4.08. The van der Waals surface area contributed by atoms with E-state index >= 15 is 0 Å². The molecule has 122 valence electrons. The van der Waals surface area contributed by atoms with Crippen molar-refractivity contribution >= 4 is 5.78 Å². The normalized spacial score (nSPS) is 46.7. The molecule has 0 radical (unpaired) electrons. The van der Waals surface area contributed by atoms with Crippen molar-refractivity contribution in [2.45, 2.75) is 48.8 Å². The number of piperidine rings is 1. The van der Waals surface area contributed by atoms with Gasteiger partial charge in [0, 0.05) is 22.1 Å². The van der Waals surface area contributed by atoms with E-state index in [-0.39, 0.29) is 49.8 Å². The van der Waals surface area contributed by atoms with E-state index in [9.17, 15) is 9.90 Å². The van der Waals surface area contributed by atoms with Gasteiger partial charge in [-0.15, -0.1) is 0 Å². The Bertz CT molecular complexity index is 1010. The molecule has 5 rings (SSSR count). The first-order chi connectivity index (χ1) is 14.2. The summed E-state index contributed by atoms with van der Waals surface area (Å²) >= 11 is 0. The Morgan fingerprint density at radius 2 is 2.43 bits per heavy atom. The molecule has 1 aromatic rings. The number of likely N-dealkylation sites (tertiary alicyclic amines) is 1. The van der Waals surface area contributed by atoms with Gasteiger partial charge in [-0.2, -0.15) is 0 Å². The highest BCUT2D eigenvalue weighted by molar-refractivity contribution is 5.90. The van der Waals surface area contributed by atoms with Crippen LogP contribution in [0.5, 0.6) is 11.5 Å². The molecule has 0 aromatic heterocycles. The van der Waals surface area contributed by atoms with Gasteiger partial charge in [0.25, 0.3) is 0 Å². The molecule has 1 spiro atoms. The highest BCUT2D eigenvalue weighted by atomic mass is 16.5. The summed E-state index contributed by atoms with van der Waals surface area (Å²) < 4.78 is 74.0. The molecule has 1 N–H and O–H groups in total. The number of ether oxygens (including phenoxy) is 2. The molecule has 2 bridgehead atoms. The molecular formula is C18H21NO4. The summed E-state index contributed by atoms with van der Waals surface area (Å²) in [6, 6.07) is -1.71.